The molecule has 0 aromatic rings. The van der Waals surface area contributed by atoms with Crippen molar-refractivity contribution in [3.05, 3.63) is 0 Å². The average Bonchev–Trinajstić information content (AvgIpc) is 2.85. The van der Waals surface area contributed by atoms with E-state index in [1.54, 1.807) is 0 Å². The van der Waals surface area contributed by atoms with Gasteiger partial charge < -0.3 is 5.11 Å². The van der Waals surface area contributed by atoms with E-state index in [1.807, 2.05) is 6.92 Å². The molecule has 82 valence electrons. The maximum atomic E-state index is 11.2. The fourth-order valence-corrected chi connectivity index (χ4v) is 2.47. The molecular weight excluding hydrogens is 176 g/mol. The molecule has 0 saturated heterocycles. The Kier molecular flexibility index (Phi) is 3.57. The van der Waals surface area contributed by atoms with Gasteiger partial charge in [-0.05, 0) is 38.0 Å². The number of carboxylic acid groups (broad SMARTS) is 1. The number of carboxylic acids is 1. The van der Waals surface area contributed by atoms with E-state index in [0.29, 0.717) is 11.8 Å². The van der Waals surface area contributed by atoms with Crippen LogP contribution in [0.5, 0.6) is 0 Å². The van der Waals surface area contributed by atoms with Crippen LogP contribution in [-0.4, -0.2) is 11.1 Å². The van der Waals surface area contributed by atoms with E-state index in [9.17, 15) is 9.90 Å². The first-order valence-electron chi connectivity index (χ1n) is 5.74. The van der Waals surface area contributed by atoms with Gasteiger partial charge in [0.1, 0.15) is 0 Å². The molecule has 0 amide bonds. The van der Waals surface area contributed by atoms with Crippen LogP contribution in [0.4, 0.5) is 0 Å². The summed E-state index contributed by atoms with van der Waals surface area (Å²) >= 11 is 0. The predicted molar refractivity (Wildman–Crippen MR) is 57.2 cm³/mol. The smallest absolute Gasteiger partial charge is 0.309 e. The van der Waals surface area contributed by atoms with Gasteiger partial charge in [0, 0.05) is 0 Å². The van der Waals surface area contributed by atoms with Gasteiger partial charge >= 0.3 is 5.97 Å². The molecule has 1 aliphatic carbocycles. The summed E-state index contributed by atoms with van der Waals surface area (Å²) in [6, 6.07) is 0. The minimum atomic E-state index is -0.594. The summed E-state index contributed by atoms with van der Waals surface area (Å²) < 4.78 is 0. The summed E-state index contributed by atoms with van der Waals surface area (Å²) in [5.74, 6) is 0.393. The van der Waals surface area contributed by atoms with Gasteiger partial charge in [0.25, 0.3) is 0 Å². The molecular formula is C12H22O2. The van der Waals surface area contributed by atoms with Crippen molar-refractivity contribution in [2.45, 2.75) is 52.9 Å². The summed E-state index contributed by atoms with van der Waals surface area (Å²) in [4.78, 5) is 11.2. The second-order valence-electron chi connectivity index (χ2n) is 5.09. The Morgan fingerprint density at radius 2 is 2.14 bits per heavy atom. The van der Waals surface area contributed by atoms with Gasteiger partial charge in [0.2, 0.25) is 0 Å². The topological polar surface area (TPSA) is 37.3 Å². The molecule has 0 aromatic carbocycles. The summed E-state index contributed by atoms with van der Waals surface area (Å²) in [6.07, 6.45) is 5.38. The molecule has 1 aliphatic rings. The van der Waals surface area contributed by atoms with Crippen LogP contribution >= 0.6 is 0 Å². The first-order valence-corrected chi connectivity index (χ1v) is 5.74. The normalized spacial score (nSPS) is 22.8. The van der Waals surface area contributed by atoms with Crippen molar-refractivity contribution in [1.82, 2.24) is 0 Å². The van der Waals surface area contributed by atoms with E-state index >= 15 is 0 Å². The first-order chi connectivity index (χ1) is 6.50. The molecule has 0 heterocycles. The molecule has 2 nitrogen and oxygen atoms in total. The quantitative estimate of drug-likeness (QED) is 0.711. The fraction of sp³-hybridized carbons (Fsp3) is 0.917. The molecule has 2 unspecified atom stereocenters. The Morgan fingerprint density at radius 1 is 1.57 bits per heavy atom. The Hall–Kier alpha value is -0.530. The number of hydrogen-bond acceptors (Lipinski definition) is 1. The monoisotopic (exact) mass is 198 g/mol. The minimum absolute atomic E-state index is 0.444. The van der Waals surface area contributed by atoms with Crippen LogP contribution in [0.1, 0.15) is 52.9 Å². The second-order valence-corrected chi connectivity index (χ2v) is 5.09. The van der Waals surface area contributed by atoms with Crippen LogP contribution in [0, 0.1) is 17.3 Å². The first kappa shape index (κ1) is 11.5. The molecule has 2 heteroatoms. The maximum absolute atomic E-state index is 11.2. The Morgan fingerprint density at radius 3 is 2.50 bits per heavy atom. The summed E-state index contributed by atoms with van der Waals surface area (Å²) in [5, 5.41) is 9.26. The third-order valence-electron chi connectivity index (χ3n) is 3.52. The van der Waals surface area contributed by atoms with Gasteiger partial charge in [0.15, 0.2) is 0 Å². The lowest BCUT2D eigenvalue weighted by Gasteiger charge is -2.27. The molecule has 0 radical (unpaired) electrons. The number of carbonyl (C=O) groups is 1. The van der Waals surface area contributed by atoms with Gasteiger partial charge in [-0.2, -0.15) is 0 Å². The van der Waals surface area contributed by atoms with E-state index < -0.39 is 11.4 Å². The van der Waals surface area contributed by atoms with Crippen molar-refractivity contribution >= 4 is 5.97 Å². The van der Waals surface area contributed by atoms with E-state index in [4.69, 9.17) is 0 Å². The molecule has 0 spiro atoms. The number of hydrogen-bond donors (Lipinski definition) is 1. The van der Waals surface area contributed by atoms with Crippen molar-refractivity contribution in [3.63, 3.8) is 0 Å². The lowest BCUT2D eigenvalue weighted by Crippen LogP contribution is -2.31. The SMILES string of the molecule is CCCC(C)CC(C)(C(=O)O)C1CC1. The largest absolute Gasteiger partial charge is 0.481 e. The Balaban J connectivity index is 2.55. The zero-order valence-corrected chi connectivity index (χ0v) is 9.55. The average molecular weight is 198 g/mol. The van der Waals surface area contributed by atoms with Crippen molar-refractivity contribution in [3.8, 4) is 0 Å². The molecule has 0 aliphatic heterocycles. The van der Waals surface area contributed by atoms with Gasteiger partial charge in [-0.1, -0.05) is 26.7 Å². The zero-order valence-electron chi connectivity index (χ0n) is 9.55. The molecule has 14 heavy (non-hydrogen) atoms. The molecule has 1 N–H and O–H groups in total. The van der Waals surface area contributed by atoms with Crippen LogP contribution in [0.3, 0.4) is 0 Å². The van der Waals surface area contributed by atoms with E-state index in [2.05, 4.69) is 13.8 Å². The maximum Gasteiger partial charge on any atom is 0.309 e. The lowest BCUT2D eigenvalue weighted by molar-refractivity contribution is -0.150. The highest BCUT2D eigenvalue weighted by Crippen LogP contribution is 2.49. The fourth-order valence-electron chi connectivity index (χ4n) is 2.47. The second kappa shape index (κ2) is 4.33. The summed E-state index contributed by atoms with van der Waals surface area (Å²) in [5.41, 5.74) is -0.450. The van der Waals surface area contributed by atoms with Crippen LogP contribution in [0.25, 0.3) is 0 Å². The molecule has 0 aromatic heterocycles. The highest BCUT2D eigenvalue weighted by atomic mass is 16.4. The van der Waals surface area contributed by atoms with Crippen molar-refractivity contribution in [1.29, 1.82) is 0 Å². The van der Waals surface area contributed by atoms with Gasteiger partial charge in [-0.25, -0.2) is 0 Å². The molecule has 2 atom stereocenters. The Labute approximate surface area is 86.7 Å². The predicted octanol–water partition coefficient (Wildman–Crippen LogP) is 3.31. The van der Waals surface area contributed by atoms with Crippen molar-refractivity contribution in [2.24, 2.45) is 17.3 Å². The van der Waals surface area contributed by atoms with Crippen molar-refractivity contribution < 1.29 is 9.90 Å². The molecule has 1 fully saturated rings. The highest BCUT2D eigenvalue weighted by Gasteiger charge is 2.47. The zero-order chi connectivity index (χ0) is 10.8. The van der Waals surface area contributed by atoms with Crippen LogP contribution in [0.2, 0.25) is 0 Å². The van der Waals surface area contributed by atoms with E-state index in [1.165, 1.54) is 0 Å². The van der Waals surface area contributed by atoms with Crippen LogP contribution in [0.15, 0.2) is 0 Å². The summed E-state index contributed by atoms with van der Waals surface area (Å²) in [7, 11) is 0. The Bertz CT molecular complexity index is 208. The standard InChI is InChI=1S/C12H22O2/c1-4-5-9(2)8-12(3,11(13)14)10-6-7-10/h9-10H,4-8H2,1-3H3,(H,13,14). The highest BCUT2D eigenvalue weighted by molar-refractivity contribution is 5.75. The minimum Gasteiger partial charge on any atom is -0.481 e. The molecule has 0 bridgehead atoms. The number of rotatable bonds is 6. The lowest BCUT2D eigenvalue weighted by atomic mass is 9.76. The van der Waals surface area contributed by atoms with Gasteiger partial charge in [0.05, 0.1) is 5.41 Å². The van der Waals surface area contributed by atoms with Gasteiger partial charge in [-0.3, -0.25) is 4.79 Å². The van der Waals surface area contributed by atoms with E-state index in [-0.39, 0.29) is 0 Å². The van der Waals surface area contributed by atoms with E-state index in [0.717, 1.165) is 32.1 Å². The third kappa shape index (κ3) is 2.49. The van der Waals surface area contributed by atoms with Crippen LogP contribution < -0.4 is 0 Å². The third-order valence-corrected chi connectivity index (χ3v) is 3.52. The summed E-state index contributed by atoms with van der Waals surface area (Å²) in [6.45, 7) is 6.26. The molecule has 1 saturated carbocycles. The van der Waals surface area contributed by atoms with Gasteiger partial charge in [-0.15, -0.1) is 0 Å². The number of aliphatic carboxylic acids is 1. The van der Waals surface area contributed by atoms with Crippen LogP contribution in [-0.2, 0) is 4.79 Å². The van der Waals surface area contributed by atoms with Crippen molar-refractivity contribution in [2.75, 3.05) is 0 Å². The molecule has 1 rings (SSSR count).